The molecule has 1 spiro atoms. The Bertz CT molecular complexity index is 743. The molecule has 1 saturated heterocycles. The molecule has 8 heteroatoms. The summed E-state index contributed by atoms with van der Waals surface area (Å²) in [4.78, 5) is 31.6. The van der Waals surface area contributed by atoms with Crippen LogP contribution in [0.2, 0.25) is 0 Å². The fourth-order valence-corrected chi connectivity index (χ4v) is 6.63. The monoisotopic (exact) mass is 381 g/mol. The molecule has 4 bridgehead atoms. The van der Waals surface area contributed by atoms with Crippen LogP contribution >= 0.6 is 7.82 Å². The Morgan fingerprint density at radius 2 is 1.81 bits per heavy atom. The molecule has 1 N–H and O–H groups in total. The third kappa shape index (κ3) is 2.22. The number of rotatable bonds is 4. The van der Waals surface area contributed by atoms with E-state index in [4.69, 9.17) is 19.4 Å². The van der Waals surface area contributed by atoms with E-state index in [0.717, 1.165) is 37.5 Å². The first-order valence-electron chi connectivity index (χ1n) is 9.12. The molecule has 0 radical (unpaired) electrons. The van der Waals surface area contributed by atoms with Gasteiger partial charge in [0.1, 0.15) is 5.75 Å². The van der Waals surface area contributed by atoms with Gasteiger partial charge in [-0.25, -0.2) is 4.89 Å². The minimum atomic E-state index is -4.88. The summed E-state index contributed by atoms with van der Waals surface area (Å²) in [5.74, 6) is 1.18. The van der Waals surface area contributed by atoms with Crippen LogP contribution in [0.3, 0.4) is 0 Å². The standard InChI is InChI=1S/C18H23O7P/c1-22-18(13-3-2-4-16(10-13)23-26(19,20)21)17(24-25-18)14-6-11-5-12(8-14)9-15(17)7-11/h2-4,10-12,14-15H,5-9H2,1H3,(H2,19,20,21)/p-1. The lowest BCUT2D eigenvalue weighted by Crippen LogP contribution is -2.76. The molecule has 0 amide bonds. The third-order valence-electron chi connectivity index (χ3n) is 6.88. The van der Waals surface area contributed by atoms with Crippen molar-refractivity contribution in [1.82, 2.24) is 0 Å². The fraction of sp³-hybridized carbons (Fsp3) is 0.667. The highest BCUT2D eigenvalue weighted by atomic mass is 31.2. The van der Waals surface area contributed by atoms with E-state index in [-0.39, 0.29) is 5.75 Å². The summed E-state index contributed by atoms with van der Waals surface area (Å²) in [6, 6.07) is 6.49. The van der Waals surface area contributed by atoms with Crippen molar-refractivity contribution in [2.75, 3.05) is 7.11 Å². The van der Waals surface area contributed by atoms with E-state index < -0.39 is 19.2 Å². The number of benzene rings is 1. The molecule has 2 unspecified atom stereocenters. The Morgan fingerprint density at radius 3 is 2.31 bits per heavy atom. The van der Waals surface area contributed by atoms with Crippen LogP contribution in [0, 0.1) is 23.7 Å². The Labute approximate surface area is 151 Å². The van der Waals surface area contributed by atoms with Crippen LogP contribution < -0.4 is 9.42 Å². The van der Waals surface area contributed by atoms with Gasteiger partial charge in [0.15, 0.2) is 5.60 Å². The van der Waals surface area contributed by atoms with Gasteiger partial charge in [-0.15, -0.1) is 0 Å². The largest absolute Gasteiger partial charge is 0.746 e. The maximum atomic E-state index is 11.1. The number of phosphoric acid groups is 1. The third-order valence-corrected chi connectivity index (χ3v) is 7.33. The first kappa shape index (κ1) is 17.2. The molecule has 4 saturated carbocycles. The van der Waals surface area contributed by atoms with Crippen LogP contribution in [0.4, 0.5) is 0 Å². The molecule has 142 valence electrons. The quantitative estimate of drug-likeness (QED) is 0.632. The molecular weight excluding hydrogens is 359 g/mol. The zero-order valence-corrected chi connectivity index (χ0v) is 15.4. The van der Waals surface area contributed by atoms with Crippen LogP contribution in [-0.2, 0) is 24.9 Å². The van der Waals surface area contributed by atoms with Gasteiger partial charge in [-0.3, -0.25) is 4.57 Å². The van der Waals surface area contributed by atoms with Crippen molar-refractivity contribution < 1.29 is 33.4 Å². The molecule has 6 rings (SSSR count). The Hall–Kier alpha value is -0.950. The fourth-order valence-electron chi connectivity index (χ4n) is 6.25. The normalized spacial score (nSPS) is 45.3. The van der Waals surface area contributed by atoms with Gasteiger partial charge in [-0.2, -0.15) is 4.89 Å². The predicted molar refractivity (Wildman–Crippen MR) is 87.5 cm³/mol. The van der Waals surface area contributed by atoms with E-state index in [0.29, 0.717) is 17.4 Å². The Morgan fingerprint density at radius 1 is 1.15 bits per heavy atom. The van der Waals surface area contributed by atoms with Crippen LogP contribution in [-0.4, -0.2) is 17.6 Å². The minimum absolute atomic E-state index is 0.0224. The van der Waals surface area contributed by atoms with Crippen LogP contribution in [0.5, 0.6) is 5.75 Å². The summed E-state index contributed by atoms with van der Waals surface area (Å²) in [5.41, 5.74) is 0.0958. The maximum absolute atomic E-state index is 11.1. The Balaban J connectivity index is 1.55. The van der Waals surface area contributed by atoms with Crippen molar-refractivity contribution in [3.63, 3.8) is 0 Å². The number of phosphoric ester groups is 1. The second-order valence-corrected chi connectivity index (χ2v) is 9.29. The van der Waals surface area contributed by atoms with Gasteiger partial charge in [0, 0.05) is 12.7 Å². The van der Waals surface area contributed by atoms with Gasteiger partial charge in [0.05, 0.1) is 0 Å². The van der Waals surface area contributed by atoms with Crippen molar-refractivity contribution in [2.45, 2.75) is 43.5 Å². The minimum Gasteiger partial charge on any atom is -0.746 e. The molecule has 1 aliphatic heterocycles. The summed E-state index contributed by atoms with van der Waals surface area (Å²) in [6.07, 6.45) is 5.78. The molecule has 7 nitrogen and oxygen atoms in total. The SMILES string of the molecule is COC1(c2cccc(OP(=O)([O-])O)c2)OOC12C1CC3CC(C1)CC2C3. The van der Waals surface area contributed by atoms with Gasteiger partial charge < -0.3 is 19.0 Å². The molecule has 1 aromatic carbocycles. The first-order valence-corrected chi connectivity index (χ1v) is 10.6. The smallest absolute Gasteiger partial charge is 0.317 e. The lowest BCUT2D eigenvalue weighted by atomic mass is 9.47. The highest BCUT2D eigenvalue weighted by molar-refractivity contribution is 7.45. The lowest BCUT2D eigenvalue weighted by Gasteiger charge is -2.68. The number of hydrogen-bond acceptors (Lipinski definition) is 6. The van der Waals surface area contributed by atoms with Crippen molar-refractivity contribution >= 4 is 7.82 Å². The van der Waals surface area contributed by atoms with E-state index in [9.17, 15) is 9.46 Å². The van der Waals surface area contributed by atoms with Crippen molar-refractivity contribution in [2.24, 2.45) is 23.7 Å². The molecule has 1 heterocycles. The van der Waals surface area contributed by atoms with Crippen LogP contribution in [0.15, 0.2) is 24.3 Å². The van der Waals surface area contributed by atoms with Gasteiger partial charge in [-0.1, -0.05) is 12.1 Å². The summed E-state index contributed by atoms with van der Waals surface area (Å²) >= 11 is 0. The van der Waals surface area contributed by atoms with Crippen molar-refractivity contribution in [3.8, 4) is 5.75 Å². The summed E-state index contributed by atoms with van der Waals surface area (Å²) in [6.45, 7) is 0. The first-order chi connectivity index (χ1) is 12.4. The molecule has 5 fully saturated rings. The summed E-state index contributed by atoms with van der Waals surface area (Å²) < 4.78 is 21.6. The van der Waals surface area contributed by atoms with Crippen molar-refractivity contribution in [1.29, 1.82) is 0 Å². The number of hydrogen-bond donors (Lipinski definition) is 1. The Kier molecular flexibility index (Phi) is 3.65. The summed E-state index contributed by atoms with van der Waals surface area (Å²) in [5, 5.41) is 0. The van der Waals surface area contributed by atoms with Crippen LogP contribution in [0.1, 0.15) is 37.7 Å². The highest BCUT2D eigenvalue weighted by Crippen LogP contribution is 2.69. The second-order valence-electron chi connectivity index (χ2n) is 8.17. The molecule has 5 aliphatic rings. The van der Waals surface area contributed by atoms with Gasteiger partial charge in [-0.05, 0) is 67.9 Å². The zero-order chi connectivity index (χ0) is 18.2. The van der Waals surface area contributed by atoms with Crippen LogP contribution in [0.25, 0.3) is 0 Å². The van der Waals surface area contributed by atoms with E-state index in [1.165, 1.54) is 12.5 Å². The number of methoxy groups -OCH3 is 1. The van der Waals surface area contributed by atoms with E-state index in [2.05, 4.69) is 4.52 Å². The average Bonchev–Trinajstić information content (AvgIpc) is 2.53. The number of ether oxygens (including phenoxy) is 1. The van der Waals surface area contributed by atoms with Gasteiger partial charge in [0.2, 0.25) is 0 Å². The average molecular weight is 381 g/mol. The molecule has 0 aromatic heterocycles. The highest BCUT2D eigenvalue weighted by Gasteiger charge is 2.76. The van der Waals surface area contributed by atoms with E-state index in [1.54, 1.807) is 19.2 Å². The lowest BCUT2D eigenvalue weighted by molar-refractivity contribution is -0.645. The van der Waals surface area contributed by atoms with Gasteiger partial charge in [0.25, 0.3) is 5.79 Å². The topological polar surface area (TPSA) is 97.3 Å². The molecular formula is C18H22O7P-. The van der Waals surface area contributed by atoms with Gasteiger partial charge >= 0.3 is 7.82 Å². The summed E-state index contributed by atoms with van der Waals surface area (Å²) in [7, 11) is -3.29. The molecule has 2 atom stereocenters. The second kappa shape index (κ2) is 5.53. The molecule has 26 heavy (non-hydrogen) atoms. The maximum Gasteiger partial charge on any atom is 0.317 e. The zero-order valence-electron chi connectivity index (χ0n) is 14.5. The van der Waals surface area contributed by atoms with Crippen molar-refractivity contribution in [3.05, 3.63) is 29.8 Å². The molecule has 1 aromatic rings. The molecule has 4 aliphatic carbocycles. The predicted octanol–water partition coefficient (Wildman–Crippen LogP) is 2.48. The van der Waals surface area contributed by atoms with E-state index in [1.807, 2.05) is 6.07 Å². The van der Waals surface area contributed by atoms with E-state index >= 15 is 0 Å².